The summed E-state index contributed by atoms with van der Waals surface area (Å²) in [6.45, 7) is 3.93. The number of carbonyl (C=O) groups excluding carboxylic acids is 2. The topological polar surface area (TPSA) is 127 Å². The summed E-state index contributed by atoms with van der Waals surface area (Å²) in [5.74, 6) is 6.01. The molecule has 0 fully saturated rings. The molecule has 8 nitrogen and oxygen atoms in total. The lowest BCUT2D eigenvalue weighted by atomic mass is 10.1. The van der Waals surface area contributed by atoms with Gasteiger partial charge in [0, 0.05) is 46.2 Å². The minimum Gasteiger partial charge on any atom is -0.453 e. The van der Waals surface area contributed by atoms with E-state index in [1.165, 1.54) is 7.11 Å². The largest absolute Gasteiger partial charge is 0.453 e. The smallest absolute Gasteiger partial charge is 0.406 e. The first kappa shape index (κ1) is 26.5. The molecule has 1 aromatic heterocycles. The summed E-state index contributed by atoms with van der Waals surface area (Å²) in [5, 5.41) is 17.0. The standard InChI is InChI=1S/C23H21ClN4O4.C2H6/c1-32-23(31)28-13-18(29)12-27-22(30)15-5-2-14(3-6-15)4-9-19-20-10-17(24)8-7-16(20)11-26-21(19)25;1-2/h2-3,5-8,10-11,18,29H,12-13H2,1H3,(H2,25,26)(H,27,30)(H,28,31);1-2H3. The monoisotopic (exact) mass is 482 g/mol. The first-order valence-corrected chi connectivity index (χ1v) is 11.0. The number of pyridine rings is 1. The van der Waals surface area contributed by atoms with E-state index in [-0.39, 0.29) is 19.0 Å². The second kappa shape index (κ2) is 13.0. The van der Waals surface area contributed by atoms with Gasteiger partial charge in [-0.15, -0.1) is 0 Å². The van der Waals surface area contributed by atoms with Crippen molar-refractivity contribution in [3.63, 3.8) is 0 Å². The van der Waals surface area contributed by atoms with Crippen molar-refractivity contribution in [3.05, 3.63) is 70.4 Å². The van der Waals surface area contributed by atoms with Crippen LogP contribution in [0, 0.1) is 11.8 Å². The maximum absolute atomic E-state index is 12.2. The lowest BCUT2D eigenvalue weighted by Gasteiger charge is -2.12. The molecule has 2 aromatic carbocycles. The zero-order valence-corrected chi connectivity index (χ0v) is 19.9. The summed E-state index contributed by atoms with van der Waals surface area (Å²) in [6.07, 6.45) is 0.0647. The van der Waals surface area contributed by atoms with Gasteiger partial charge in [-0.3, -0.25) is 4.79 Å². The van der Waals surface area contributed by atoms with E-state index in [1.54, 1.807) is 42.6 Å². The van der Waals surface area contributed by atoms with Crippen LogP contribution in [-0.2, 0) is 4.74 Å². The second-order valence-corrected chi connectivity index (χ2v) is 7.25. The van der Waals surface area contributed by atoms with Crippen molar-refractivity contribution in [3.8, 4) is 11.8 Å². The predicted molar refractivity (Wildman–Crippen MR) is 134 cm³/mol. The average molecular weight is 483 g/mol. The number of methoxy groups -OCH3 is 1. The van der Waals surface area contributed by atoms with Gasteiger partial charge in [-0.05, 0) is 36.4 Å². The maximum atomic E-state index is 12.2. The summed E-state index contributed by atoms with van der Waals surface area (Å²) in [4.78, 5) is 27.4. The number of nitrogens with two attached hydrogens (primary N) is 1. The van der Waals surface area contributed by atoms with E-state index in [0.29, 0.717) is 27.5 Å². The lowest BCUT2D eigenvalue weighted by Crippen LogP contribution is -2.39. The van der Waals surface area contributed by atoms with Crippen LogP contribution in [0.1, 0.15) is 35.3 Å². The Hall–Kier alpha value is -3.80. The van der Waals surface area contributed by atoms with Crippen molar-refractivity contribution in [1.82, 2.24) is 15.6 Å². The first-order chi connectivity index (χ1) is 16.4. The summed E-state index contributed by atoms with van der Waals surface area (Å²) in [5.41, 5.74) is 7.68. The van der Waals surface area contributed by atoms with Crippen LogP contribution in [-0.4, -0.2) is 48.4 Å². The second-order valence-electron chi connectivity index (χ2n) is 6.81. The van der Waals surface area contributed by atoms with Gasteiger partial charge < -0.3 is 26.2 Å². The molecular weight excluding hydrogens is 456 g/mol. The Kier molecular flexibility index (Phi) is 10.1. The summed E-state index contributed by atoms with van der Waals surface area (Å²) < 4.78 is 4.41. The molecule has 0 aliphatic heterocycles. The summed E-state index contributed by atoms with van der Waals surface area (Å²) in [7, 11) is 1.22. The highest BCUT2D eigenvalue weighted by Crippen LogP contribution is 2.24. The number of nitrogens with zero attached hydrogens (tertiary/aromatic N) is 1. The molecule has 1 atom stereocenters. The number of fused-ring (bicyclic) bond motifs is 1. The van der Waals surface area contributed by atoms with Crippen LogP contribution in [0.2, 0.25) is 5.02 Å². The Bertz CT molecular complexity index is 1200. The molecule has 0 radical (unpaired) electrons. The minimum atomic E-state index is -0.948. The van der Waals surface area contributed by atoms with E-state index in [2.05, 4.69) is 32.2 Å². The van der Waals surface area contributed by atoms with Gasteiger partial charge in [0.2, 0.25) is 0 Å². The SMILES string of the molecule is CC.COC(=O)NCC(O)CNC(=O)c1ccc(C#Cc2c(N)ncc3ccc(Cl)cc23)cc1. The highest BCUT2D eigenvalue weighted by atomic mass is 35.5. The van der Waals surface area contributed by atoms with Gasteiger partial charge in [-0.25, -0.2) is 9.78 Å². The molecule has 3 rings (SSSR count). The van der Waals surface area contributed by atoms with E-state index in [4.69, 9.17) is 17.3 Å². The molecule has 1 unspecified atom stereocenters. The van der Waals surface area contributed by atoms with Crippen molar-refractivity contribution in [2.24, 2.45) is 0 Å². The van der Waals surface area contributed by atoms with Gasteiger partial charge in [-0.1, -0.05) is 43.4 Å². The van der Waals surface area contributed by atoms with Gasteiger partial charge in [0.15, 0.2) is 0 Å². The Morgan fingerprint density at radius 1 is 1.12 bits per heavy atom. The van der Waals surface area contributed by atoms with Crippen LogP contribution in [0.25, 0.3) is 10.8 Å². The normalized spacial score (nSPS) is 10.7. The maximum Gasteiger partial charge on any atom is 0.406 e. The van der Waals surface area contributed by atoms with E-state index in [0.717, 1.165) is 10.8 Å². The molecule has 178 valence electrons. The van der Waals surface area contributed by atoms with Gasteiger partial charge in [-0.2, -0.15) is 0 Å². The molecule has 0 spiro atoms. The molecular formula is C25H27ClN4O4. The van der Waals surface area contributed by atoms with Crippen LogP contribution in [0.3, 0.4) is 0 Å². The summed E-state index contributed by atoms with van der Waals surface area (Å²) >= 11 is 6.10. The number of amides is 2. The molecule has 2 amide bonds. The number of carbonyl (C=O) groups is 2. The number of benzene rings is 2. The number of aliphatic hydroxyl groups is 1. The number of halogens is 1. The number of alkyl carbamates (subject to hydrolysis) is 1. The minimum absolute atomic E-state index is 0.0275. The molecule has 34 heavy (non-hydrogen) atoms. The third-order valence-corrected chi connectivity index (χ3v) is 4.76. The fraction of sp³-hybridized carbons (Fsp3) is 0.240. The quantitative estimate of drug-likeness (QED) is 0.413. The van der Waals surface area contributed by atoms with Gasteiger partial charge in [0.05, 0.1) is 18.8 Å². The number of nitrogen functional groups attached to an aromatic ring is 1. The fourth-order valence-corrected chi connectivity index (χ4v) is 3.00. The lowest BCUT2D eigenvalue weighted by molar-refractivity contribution is 0.0914. The first-order valence-electron chi connectivity index (χ1n) is 10.6. The Morgan fingerprint density at radius 3 is 2.47 bits per heavy atom. The van der Waals surface area contributed by atoms with E-state index in [1.807, 2.05) is 19.9 Å². The number of ether oxygens (including phenoxy) is 1. The molecule has 3 aromatic rings. The molecule has 0 saturated carbocycles. The van der Waals surface area contributed by atoms with Crippen LogP contribution < -0.4 is 16.4 Å². The molecule has 1 heterocycles. The molecule has 9 heteroatoms. The number of hydrogen-bond donors (Lipinski definition) is 4. The van der Waals surface area contributed by atoms with Crippen LogP contribution in [0.15, 0.2) is 48.7 Å². The van der Waals surface area contributed by atoms with Crippen molar-refractivity contribution >= 4 is 40.2 Å². The number of nitrogens with one attached hydrogen (secondary N) is 2. The zero-order chi connectivity index (χ0) is 25.1. The van der Waals surface area contributed by atoms with Crippen molar-refractivity contribution < 1.29 is 19.4 Å². The van der Waals surface area contributed by atoms with Crippen molar-refractivity contribution in [2.75, 3.05) is 25.9 Å². The van der Waals surface area contributed by atoms with E-state index < -0.39 is 12.2 Å². The number of hydrogen-bond acceptors (Lipinski definition) is 6. The van der Waals surface area contributed by atoms with Gasteiger partial charge in [0.25, 0.3) is 5.91 Å². The number of anilines is 1. The number of rotatable bonds is 5. The molecule has 0 aliphatic carbocycles. The third-order valence-electron chi connectivity index (χ3n) is 4.53. The predicted octanol–water partition coefficient (Wildman–Crippen LogP) is 3.34. The number of aromatic nitrogens is 1. The zero-order valence-electron chi connectivity index (χ0n) is 19.2. The van der Waals surface area contributed by atoms with Crippen molar-refractivity contribution in [2.45, 2.75) is 20.0 Å². The van der Waals surface area contributed by atoms with Crippen LogP contribution >= 0.6 is 11.6 Å². The van der Waals surface area contributed by atoms with Gasteiger partial charge >= 0.3 is 6.09 Å². The molecule has 5 N–H and O–H groups in total. The highest BCUT2D eigenvalue weighted by molar-refractivity contribution is 6.31. The number of aliphatic hydroxyl groups excluding tert-OH is 1. The Morgan fingerprint density at radius 2 is 1.79 bits per heavy atom. The van der Waals surface area contributed by atoms with Crippen molar-refractivity contribution in [1.29, 1.82) is 0 Å². The third kappa shape index (κ3) is 7.37. The highest BCUT2D eigenvalue weighted by Gasteiger charge is 2.10. The van der Waals surface area contributed by atoms with Gasteiger partial charge in [0.1, 0.15) is 5.82 Å². The molecule has 0 aliphatic rings. The Labute approximate surface area is 203 Å². The van der Waals surface area contributed by atoms with Crippen LogP contribution in [0.5, 0.6) is 0 Å². The Balaban J connectivity index is 0.00000199. The van der Waals surface area contributed by atoms with Crippen LogP contribution in [0.4, 0.5) is 10.6 Å². The fourth-order valence-electron chi connectivity index (χ4n) is 2.83. The summed E-state index contributed by atoms with van der Waals surface area (Å²) in [6, 6.07) is 12.1. The molecule has 0 bridgehead atoms. The average Bonchev–Trinajstić information content (AvgIpc) is 2.86. The molecule has 0 saturated heterocycles. The van der Waals surface area contributed by atoms with E-state index >= 15 is 0 Å². The van der Waals surface area contributed by atoms with E-state index in [9.17, 15) is 14.7 Å².